The summed E-state index contributed by atoms with van der Waals surface area (Å²) in [5, 5.41) is 3.00. The van der Waals surface area contributed by atoms with Gasteiger partial charge in [-0.15, -0.1) is 0 Å². The molecule has 3 rings (SSSR count). The van der Waals surface area contributed by atoms with Crippen molar-refractivity contribution < 1.29 is 13.2 Å². The van der Waals surface area contributed by atoms with Gasteiger partial charge >= 0.3 is 0 Å². The highest BCUT2D eigenvalue weighted by Gasteiger charge is 2.24. The van der Waals surface area contributed by atoms with E-state index in [1.54, 1.807) is 28.6 Å². The van der Waals surface area contributed by atoms with E-state index in [9.17, 15) is 13.2 Å². The van der Waals surface area contributed by atoms with Crippen LogP contribution in [0, 0.1) is 0 Å². The van der Waals surface area contributed by atoms with Gasteiger partial charge in [-0.2, -0.15) is 0 Å². The second-order valence-electron chi connectivity index (χ2n) is 8.62. The molecule has 7 heteroatoms. The van der Waals surface area contributed by atoms with E-state index in [4.69, 9.17) is 0 Å². The fraction of sp³-hybridized carbons (Fsp3) is 0.696. The van der Waals surface area contributed by atoms with Crippen LogP contribution in [0.1, 0.15) is 74.2 Å². The molecule has 0 radical (unpaired) electrons. The van der Waals surface area contributed by atoms with Crippen molar-refractivity contribution in [2.24, 2.45) is 0 Å². The van der Waals surface area contributed by atoms with Crippen LogP contribution in [0.15, 0.2) is 24.3 Å². The third kappa shape index (κ3) is 6.53. The second-order valence-corrected chi connectivity index (χ2v) is 10.6. The molecule has 2 heterocycles. The summed E-state index contributed by atoms with van der Waals surface area (Å²) in [5.74, 6) is -0.0882. The molecule has 30 heavy (non-hydrogen) atoms. The van der Waals surface area contributed by atoms with Crippen molar-refractivity contribution in [1.29, 1.82) is 0 Å². The molecule has 0 aliphatic carbocycles. The lowest BCUT2D eigenvalue weighted by molar-refractivity contribution is 0.0947. The third-order valence-electron chi connectivity index (χ3n) is 6.40. The number of rotatable bonds is 9. The van der Waals surface area contributed by atoms with Gasteiger partial charge in [0.1, 0.15) is 0 Å². The van der Waals surface area contributed by atoms with E-state index in [0.717, 1.165) is 37.8 Å². The first-order chi connectivity index (χ1) is 14.5. The zero-order valence-electron chi connectivity index (χ0n) is 18.3. The standard InChI is InChI=1S/C23H37N3O3S/c1-2-22-9-4-7-15-25(22)16-8-14-24-23(27)21-12-10-20(11-13-21)19-30(28,29)26-17-5-3-6-18-26/h10-13,22H,2-9,14-19H2,1H3,(H,24,27)/t22-/m1/s1. The van der Waals surface area contributed by atoms with Gasteiger partial charge in [-0.25, -0.2) is 12.7 Å². The minimum Gasteiger partial charge on any atom is -0.352 e. The van der Waals surface area contributed by atoms with E-state index in [1.807, 2.05) is 0 Å². The number of hydrogen-bond donors (Lipinski definition) is 1. The Balaban J connectivity index is 1.43. The summed E-state index contributed by atoms with van der Waals surface area (Å²) in [7, 11) is -3.28. The predicted octanol–water partition coefficient (Wildman–Crippen LogP) is 3.39. The van der Waals surface area contributed by atoms with Crippen LogP contribution < -0.4 is 5.32 Å². The van der Waals surface area contributed by atoms with Gasteiger partial charge in [0, 0.05) is 37.8 Å². The third-order valence-corrected chi connectivity index (χ3v) is 8.25. The summed E-state index contributed by atoms with van der Waals surface area (Å²) < 4.78 is 26.7. The van der Waals surface area contributed by atoms with E-state index in [-0.39, 0.29) is 11.7 Å². The number of carbonyl (C=O) groups excluding carboxylic acids is 1. The molecule has 168 valence electrons. The Kier molecular flexibility index (Phi) is 8.72. The number of hydrogen-bond acceptors (Lipinski definition) is 4. The summed E-state index contributed by atoms with van der Waals surface area (Å²) in [6, 6.07) is 7.68. The molecule has 2 aliphatic rings. The summed E-state index contributed by atoms with van der Waals surface area (Å²) in [5.41, 5.74) is 1.31. The molecule has 0 saturated carbocycles. The molecular formula is C23H37N3O3S. The van der Waals surface area contributed by atoms with Crippen LogP contribution in [-0.2, 0) is 15.8 Å². The Morgan fingerprint density at radius 1 is 1.03 bits per heavy atom. The summed E-state index contributed by atoms with van der Waals surface area (Å²) in [4.78, 5) is 15.0. The molecule has 1 atom stereocenters. The van der Waals surface area contributed by atoms with Crippen molar-refractivity contribution in [2.75, 3.05) is 32.7 Å². The van der Waals surface area contributed by atoms with Crippen LogP contribution in [0.4, 0.5) is 0 Å². The Morgan fingerprint density at radius 3 is 2.43 bits per heavy atom. The van der Waals surface area contributed by atoms with Crippen LogP contribution in [0.5, 0.6) is 0 Å². The average Bonchev–Trinajstić information content (AvgIpc) is 2.77. The maximum Gasteiger partial charge on any atom is 0.251 e. The first kappa shape index (κ1) is 23.2. The fourth-order valence-corrected chi connectivity index (χ4v) is 6.21. The van der Waals surface area contributed by atoms with E-state index < -0.39 is 10.0 Å². The molecule has 1 amide bonds. The number of carbonyl (C=O) groups is 1. The Labute approximate surface area is 182 Å². The van der Waals surface area contributed by atoms with Gasteiger partial charge in [0.15, 0.2) is 0 Å². The number of likely N-dealkylation sites (tertiary alicyclic amines) is 1. The van der Waals surface area contributed by atoms with Gasteiger partial charge in [0.2, 0.25) is 10.0 Å². The number of amides is 1. The first-order valence-electron chi connectivity index (χ1n) is 11.6. The molecule has 0 unspecified atom stereocenters. The Bertz CT molecular complexity index is 773. The molecule has 1 aromatic rings. The number of benzene rings is 1. The quantitative estimate of drug-likeness (QED) is 0.604. The average molecular weight is 436 g/mol. The number of piperidine rings is 2. The van der Waals surface area contributed by atoms with Gasteiger partial charge in [0.05, 0.1) is 5.75 Å². The van der Waals surface area contributed by atoms with Crippen molar-refractivity contribution in [3.63, 3.8) is 0 Å². The SMILES string of the molecule is CC[C@@H]1CCCCN1CCCNC(=O)c1ccc(CS(=O)(=O)N2CCCCC2)cc1. The zero-order chi connectivity index (χ0) is 21.4. The predicted molar refractivity (Wildman–Crippen MR) is 121 cm³/mol. The molecule has 0 aromatic heterocycles. The van der Waals surface area contributed by atoms with Crippen LogP contribution in [-0.4, -0.2) is 62.3 Å². The minimum atomic E-state index is -3.28. The molecule has 2 saturated heterocycles. The number of sulfonamides is 1. The van der Waals surface area contributed by atoms with Gasteiger partial charge in [-0.05, 0) is 62.8 Å². The molecule has 1 aromatic carbocycles. The van der Waals surface area contributed by atoms with Crippen LogP contribution in [0.25, 0.3) is 0 Å². The normalized spacial score (nSPS) is 21.4. The number of nitrogens with one attached hydrogen (secondary N) is 1. The van der Waals surface area contributed by atoms with E-state index >= 15 is 0 Å². The Hall–Kier alpha value is -1.44. The molecule has 2 fully saturated rings. The van der Waals surface area contributed by atoms with Gasteiger partial charge in [0.25, 0.3) is 5.91 Å². The first-order valence-corrected chi connectivity index (χ1v) is 13.2. The monoisotopic (exact) mass is 435 g/mol. The lowest BCUT2D eigenvalue weighted by Crippen LogP contribution is -2.40. The van der Waals surface area contributed by atoms with Gasteiger partial charge in [-0.3, -0.25) is 4.79 Å². The highest BCUT2D eigenvalue weighted by atomic mass is 32.2. The fourth-order valence-electron chi connectivity index (χ4n) is 4.60. The smallest absolute Gasteiger partial charge is 0.251 e. The molecular weight excluding hydrogens is 398 g/mol. The van der Waals surface area contributed by atoms with Crippen LogP contribution in [0.3, 0.4) is 0 Å². The van der Waals surface area contributed by atoms with Crippen molar-refractivity contribution in [3.05, 3.63) is 35.4 Å². The van der Waals surface area contributed by atoms with E-state index in [2.05, 4.69) is 17.1 Å². The summed E-state index contributed by atoms with van der Waals surface area (Å²) in [6.07, 6.45) is 9.05. The maximum absolute atomic E-state index is 12.6. The molecule has 1 N–H and O–H groups in total. The summed E-state index contributed by atoms with van der Waals surface area (Å²) in [6.45, 7) is 6.38. The zero-order valence-corrected chi connectivity index (χ0v) is 19.1. The molecule has 0 spiro atoms. The lowest BCUT2D eigenvalue weighted by atomic mass is 10.00. The maximum atomic E-state index is 12.6. The topological polar surface area (TPSA) is 69.7 Å². The van der Waals surface area contributed by atoms with Crippen molar-refractivity contribution in [3.8, 4) is 0 Å². The van der Waals surface area contributed by atoms with Crippen molar-refractivity contribution in [2.45, 2.75) is 70.1 Å². The summed E-state index contributed by atoms with van der Waals surface area (Å²) >= 11 is 0. The van der Waals surface area contributed by atoms with Crippen molar-refractivity contribution >= 4 is 15.9 Å². The minimum absolute atomic E-state index is 0.00330. The van der Waals surface area contributed by atoms with Gasteiger partial charge in [-0.1, -0.05) is 31.9 Å². The highest BCUT2D eigenvalue weighted by Crippen LogP contribution is 2.19. The van der Waals surface area contributed by atoms with Crippen molar-refractivity contribution in [1.82, 2.24) is 14.5 Å². The second kappa shape index (κ2) is 11.3. The lowest BCUT2D eigenvalue weighted by Gasteiger charge is -2.35. The Morgan fingerprint density at radius 2 is 1.73 bits per heavy atom. The van der Waals surface area contributed by atoms with Crippen LogP contribution >= 0.6 is 0 Å². The highest BCUT2D eigenvalue weighted by molar-refractivity contribution is 7.88. The van der Waals surface area contributed by atoms with Crippen LogP contribution in [0.2, 0.25) is 0 Å². The van der Waals surface area contributed by atoms with E-state index in [1.165, 1.54) is 32.2 Å². The van der Waals surface area contributed by atoms with E-state index in [0.29, 0.717) is 31.2 Å². The molecule has 0 bridgehead atoms. The largest absolute Gasteiger partial charge is 0.352 e. The molecule has 6 nitrogen and oxygen atoms in total. The molecule has 2 aliphatic heterocycles. The number of nitrogens with zero attached hydrogens (tertiary/aromatic N) is 2. The van der Waals surface area contributed by atoms with Gasteiger partial charge < -0.3 is 10.2 Å².